The number of nitrogens with two attached hydrogens (primary N) is 1. The molecule has 14 heavy (non-hydrogen) atoms. The highest BCUT2D eigenvalue weighted by Gasteiger charge is 2.11. The predicted octanol–water partition coefficient (Wildman–Crippen LogP) is 1.28. The SMILES string of the molecule is CCCCCCC(NN)c1cn[nH]n1. The van der Waals surface area contributed by atoms with E-state index in [-0.39, 0.29) is 6.04 Å². The van der Waals surface area contributed by atoms with Crippen LogP contribution < -0.4 is 11.3 Å². The molecule has 0 aromatic carbocycles. The van der Waals surface area contributed by atoms with E-state index < -0.39 is 0 Å². The number of hydrogen-bond acceptors (Lipinski definition) is 4. The maximum absolute atomic E-state index is 5.45. The fourth-order valence-corrected chi connectivity index (χ4v) is 1.47. The minimum Gasteiger partial charge on any atom is -0.271 e. The molecule has 1 rings (SSSR count). The van der Waals surface area contributed by atoms with E-state index in [0.29, 0.717) is 0 Å². The van der Waals surface area contributed by atoms with E-state index in [1.54, 1.807) is 6.20 Å². The summed E-state index contributed by atoms with van der Waals surface area (Å²) in [4.78, 5) is 0. The smallest absolute Gasteiger partial charge is 0.101 e. The van der Waals surface area contributed by atoms with Crippen LogP contribution in [0, 0.1) is 0 Å². The van der Waals surface area contributed by atoms with Crippen molar-refractivity contribution < 1.29 is 0 Å². The monoisotopic (exact) mass is 197 g/mol. The predicted molar refractivity (Wildman–Crippen MR) is 55.2 cm³/mol. The summed E-state index contributed by atoms with van der Waals surface area (Å²) in [6, 6.07) is 0.130. The zero-order valence-corrected chi connectivity index (χ0v) is 8.66. The van der Waals surface area contributed by atoms with Gasteiger partial charge in [0.15, 0.2) is 0 Å². The highest BCUT2D eigenvalue weighted by molar-refractivity contribution is 4.98. The Morgan fingerprint density at radius 3 is 2.93 bits per heavy atom. The van der Waals surface area contributed by atoms with Crippen molar-refractivity contribution >= 4 is 0 Å². The molecule has 0 spiro atoms. The van der Waals surface area contributed by atoms with Crippen molar-refractivity contribution in [3.8, 4) is 0 Å². The van der Waals surface area contributed by atoms with Crippen LogP contribution in [0.1, 0.15) is 50.8 Å². The summed E-state index contributed by atoms with van der Waals surface area (Å²) in [6.07, 6.45) is 7.70. The van der Waals surface area contributed by atoms with Crippen LogP contribution in [0.15, 0.2) is 6.20 Å². The van der Waals surface area contributed by atoms with Gasteiger partial charge in [-0.2, -0.15) is 15.4 Å². The standard InChI is InChI=1S/C9H19N5/c1-2-3-4-5-6-8(12-10)9-7-11-14-13-9/h7-8,12H,2-6,10H2,1H3,(H,11,13,14). The number of hydrogen-bond donors (Lipinski definition) is 3. The topological polar surface area (TPSA) is 79.6 Å². The van der Waals surface area contributed by atoms with Crippen LogP contribution in [0.5, 0.6) is 0 Å². The molecule has 0 aliphatic rings. The number of nitrogens with zero attached hydrogens (tertiary/aromatic N) is 2. The normalized spacial score (nSPS) is 13.0. The van der Waals surface area contributed by atoms with Crippen LogP contribution in [0.25, 0.3) is 0 Å². The van der Waals surface area contributed by atoms with Gasteiger partial charge in [-0.05, 0) is 6.42 Å². The Labute approximate surface area is 84.4 Å². The number of aromatic amines is 1. The molecule has 1 aromatic rings. The van der Waals surface area contributed by atoms with Gasteiger partial charge in [0.05, 0.1) is 12.2 Å². The first-order chi connectivity index (χ1) is 6.88. The first-order valence-corrected chi connectivity index (χ1v) is 5.20. The molecule has 5 heteroatoms. The van der Waals surface area contributed by atoms with Gasteiger partial charge in [-0.15, -0.1) is 0 Å². The molecule has 0 saturated carbocycles. The number of unbranched alkanes of at least 4 members (excludes halogenated alkanes) is 3. The van der Waals surface area contributed by atoms with E-state index in [0.717, 1.165) is 12.1 Å². The molecular formula is C9H19N5. The molecule has 0 radical (unpaired) electrons. The Balaban J connectivity index is 2.26. The fourth-order valence-electron chi connectivity index (χ4n) is 1.47. The molecule has 80 valence electrons. The molecule has 0 aliphatic heterocycles. The fraction of sp³-hybridized carbons (Fsp3) is 0.778. The first-order valence-electron chi connectivity index (χ1n) is 5.20. The second kappa shape index (κ2) is 6.50. The Kier molecular flexibility index (Phi) is 5.17. The molecular weight excluding hydrogens is 178 g/mol. The summed E-state index contributed by atoms with van der Waals surface area (Å²) in [6.45, 7) is 2.20. The lowest BCUT2D eigenvalue weighted by atomic mass is 10.1. The molecule has 0 bridgehead atoms. The molecule has 1 aromatic heterocycles. The van der Waals surface area contributed by atoms with E-state index in [2.05, 4.69) is 27.8 Å². The van der Waals surface area contributed by atoms with E-state index >= 15 is 0 Å². The third-order valence-corrected chi connectivity index (χ3v) is 2.34. The van der Waals surface area contributed by atoms with Gasteiger partial charge in [0.2, 0.25) is 0 Å². The number of H-pyrrole nitrogens is 1. The number of nitrogens with one attached hydrogen (secondary N) is 2. The van der Waals surface area contributed by atoms with Crippen molar-refractivity contribution in [1.82, 2.24) is 20.8 Å². The Morgan fingerprint density at radius 2 is 2.36 bits per heavy atom. The average Bonchev–Trinajstić information content (AvgIpc) is 2.71. The zero-order chi connectivity index (χ0) is 10.2. The maximum atomic E-state index is 5.45. The summed E-state index contributed by atoms with van der Waals surface area (Å²) in [5.41, 5.74) is 3.65. The molecule has 0 fully saturated rings. The van der Waals surface area contributed by atoms with Gasteiger partial charge in [0.25, 0.3) is 0 Å². The second-order valence-electron chi connectivity index (χ2n) is 3.46. The van der Waals surface area contributed by atoms with Crippen LogP contribution in [0.3, 0.4) is 0 Å². The highest BCUT2D eigenvalue weighted by atomic mass is 15.3. The van der Waals surface area contributed by atoms with Crippen LogP contribution in [0.2, 0.25) is 0 Å². The van der Waals surface area contributed by atoms with Crippen LogP contribution in [-0.4, -0.2) is 15.4 Å². The van der Waals surface area contributed by atoms with Crippen LogP contribution in [0.4, 0.5) is 0 Å². The Hall–Kier alpha value is -0.940. The van der Waals surface area contributed by atoms with Gasteiger partial charge in [0, 0.05) is 0 Å². The van der Waals surface area contributed by atoms with Gasteiger partial charge in [0.1, 0.15) is 5.69 Å². The minimum absolute atomic E-state index is 0.130. The van der Waals surface area contributed by atoms with E-state index in [1.165, 1.54) is 25.7 Å². The summed E-state index contributed by atoms with van der Waals surface area (Å²) < 4.78 is 0. The van der Waals surface area contributed by atoms with Crippen LogP contribution >= 0.6 is 0 Å². The van der Waals surface area contributed by atoms with Crippen molar-refractivity contribution in [3.05, 3.63) is 11.9 Å². The molecule has 1 unspecified atom stereocenters. The Morgan fingerprint density at radius 1 is 1.50 bits per heavy atom. The van der Waals surface area contributed by atoms with Gasteiger partial charge in [-0.1, -0.05) is 32.6 Å². The van der Waals surface area contributed by atoms with Crippen molar-refractivity contribution in [2.75, 3.05) is 0 Å². The number of hydrazine groups is 1. The van der Waals surface area contributed by atoms with E-state index in [4.69, 9.17) is 5.84 Å². The molecule has 0 saturated heterocycles. The van der Waals surface area contributed by atoms with Crippen molar-refractivity contribution in [1.29, 1.82) is 0 Å². The minimum atomic E-state index is 0.130. The van der Waals surface area contributed by atoms with E-state index in [1.807, 2.05) is 0 Å². The molecule has 0 aliphatic carbocycles. The van der Waals surface area contributed by atoms with Crippen molar-refractivity contribution in [2.45, 2.75) is 45.1 Å². The molecule has 1 atom stereocenters. The lowest BCUT2D eigenvalue weighted by molar-refractivity contribution is 0.472. The number of aromatic nitrogens is 3. The van der Waals surface area contributed by atoms with Crippen molar-refractivity contribution in [2.24, 2.45) is 5.84 Å². The summed E-state index contributed by atoms with van der Waals surface area (Å²) in [5, 5.41) is 10.4. The lowest BCUT2D eigenvalue weighted by Gasteiger charge is -2.11. The Bertz CT molecular complexity index is 221. The maximum Gasteiger partial charge on any atom is 0.101 e. The van der Waals surface area contributed by atoms with Crippen molar-refractivity contribution in [3.63, 3.8) is 0 Å². The highest BCUT2D eigenvalue weighted by Crippen LogP contribution is 2.16. The van der Waals surface area contributed by atoms with Crippen LogP contribution in [-0.2, 0) is 0 Å². The largest absolute Gasteiger partial charge is 0.271 e. The zero-order valence-electron chi connectivity index (χ0n) is 8.66. The molecule has 4 N–H and O–H groups in total. The molecule has 1 heterocycles. The van der Waals surface area contributed by atoms with E-state index in [9.17, 15) is 0 Å². The van der Waals surface area contributed by atoms with Gasteiger partial charge >= 0.3 is 0 Å². The summed E-state index contributed by atoms with van der Waals surface area (Å²) >= 11 is 0. The molecule has 5 nitrogen and oxygen atoms in total. The summed E-state index contributed by atoms with van der Waals surface area (Å²) in [7, 11) is 0. The quantitative estimate of drug-likeness (QED) is 0.349. The van der Waals surface area contributed by atoms with Gasteiger partial charge in [-0.25, -0.2) is 0 Å². The first kappa shape index (κ1) is 11.1. The third kappa shape index (κ3) is 3.43. The third-order valence-electron chi connectivity index (χ3n) is 2.34. The van der Waals surface area contributed by atoms with Gasteiger partial charge in [-0.3, -0.25) is 11.3 Å². The lowest BCUT2D eigenvalue weighted by Crippen LogP contribution is -2.28. The second-order valence-corrected chi connectivity index (χ2v) is 3.46. The molecule has 0 amide bonds. The number of rotatable bonds is 7. The average molecular weight is 197 g/mol. The van der Waals surface area contributed by atoms with Gasteiger partial charge < -0.3 is 0 Å². The summed E-state index contributed by atoms with van der Waals surface area (Å²) in [5.74, 6) is 5.45.